The molecule has 0 aliphatic heterocycles. The van der Waals surface area contributed by atoms with Crippen LogP contribution >= 0.6 is 0 Å². The lowest BCUT2D eigenvalue weighted by Gasteiger charge is -2.08. The second kappa shape index (κ2) is 6.39. The number of carbonyl (C=O) groups excluding carboxylic acids is 1. The molecule has 2 aromatic rings. The number of nitrogens with one attached hydrogen (secondary N) is 1. The van der Waals surface area contributed by atoms with Crippen LogP contribution in [-0.4, -0.2) is 5.91 Å². The van der Waals surface area contributed by atoms with E-state index in [4.69, 9.17) is 11.0 Å². The number of nitriles is 1. The number of rotatable bonds is 4. The molecule has 4 heteroatoms. The Labute approximate surface area is 117 Å². The highest BCUT2D eigenvalue weighted by Crippen LogP contribution is 2.16. The first-order valence-corrected chi connectivity index (χ1v) is 6.33. The van der Waals surface area contributed by atoms with Crippen molar-refractivity contribution in [3.63, 3.8) is 0 Å². The summed E-state index contributed by atoms with van der Waals surface area (Å²) in [6.45, 7) is 0. The van der Waals surface area contributed by atoms with Crippen LogP contribution < -0.4 is 11.1 Å². The first-order valence-electron chi connectivity index (χ1n) is 6.33. The summed E-state index contributed by atoms with van der Waals surface area (Å²) in [6, 6.07) is 16.5. The number of benzene rings is 2. The lowest BCUT2D eigenvalue weighted by Crippen LogP contribution is -2.13. The number of hydrogen-bond acceptors (Lipinski definition) is 3. The van der Waals surface area contributed by atoms with Gasteiger partial charge in [-0.1, -0.05) is 30.3 Å². The van der Waals surface area contributed by atoms with Crippen molar-refractivity contribution in [2.75, 3.05) is 11.1 Å². The Hall–Kier alpha value is -2.80. The number of amides is 1. The highest BCUT2D eigenvalue weighted by molar-refractivity contribution is 5.92. The van der Waals surface area contributed by atoms with Gasteiger partial charge in [-0.05, 0) is 30.2 Å². The predicted molar refractivity (Wildman–Crippen MR) is 79.0 cm³/mol. The predicted octanol–water partition coefficient (Wildman–Crippen LogP) is 2.71. The number of nitrogen functional groups attached to an aromatic ring is 1. The van der Waals surface area contributed by atoms with Crippen LogP contribution in [0.3, 0.4) is 0 Å². The van der Waals surface area contributed by atoms with Gasteiger partial charge in [0.2, 0.25) is 5.91 Å². The van der Waals surface area contributed by atoms with Gasteiger partial charge in [0, 0.05) is 12.1 Å². The van der Waals surface area contributed by atoms with Crippen molar-refractivity contribution >= 4 is 17.3 Å². The molecule has 0 fully saturated rings. The highest BCUT2D eigenvalue weighted by atomic mass is 16.1. The first-order chi connectivity index (χ1) is 9.70. The number of nitrogens with two attached hydrogens (primary N) is 1. The van der Waals surface area contributed by atoms with Gasteiger partial charge in [-0.25, -0.2) is 0 Å². The van der Waals surface area contributed by atoms with Crippen LogP contribution in [0.4, 0.5) is 11.4 Å². The van der Waals surface area contributed by atoms with Crippen LogP contribution in [0.5, 0.6) is 0 Å². The molecule has 0 atom stereocenters. The first kappa shape index (κ1) is 13.6. The van der Waals surface area contributed by atoms with Crippen LogP contribution in [-0.2, 0) is 11.2 Å². The third kappa shape index (κ3) is 3.36. The molecule has 0 aliphatic rings. The molecule has 0 bridgehead atoms. The van der Waals surface area contributed by atoms with E-state index in [-0.39, 0.29) is 5.91 Å². The number of nitrogens with zero attached hydrogens (tertiary/aromatic N) is 1. The quantitative estimate of drug-likeness (QED) is 0.834. The number of para-hydroxylation sites is 2. The third-order valence-electron chi connectivity index (χ3n) is 3.00. The minimum atomic E-state index is -0.129. The lowest BCUT2D eigenvalue weighted by atomic mass is 10.1. The summed E-state index contributed by atoms with van der Waals surface area (Å²) in [7, 11) is 0. The van der Waals surface area contributed by atoms with Crippen LogP contribution in [0.15, 0.2) is 48.5 Å². The monoisotopic (exact) mass is 265 g/mol. The fourth-order valence-corrected chi connectivity index (χ4v) is 1.91. The molecular formula is C16H15N3O. The second-order valence-electron chi connectivity index (χ2n) is 4.40. The molecule has 0 aromatic heterocycles. The molecule has 0 heterocycles. The number of anilines is 2. The van der Waals surface area contributed by atoms with Gasteiger partial charge >= 0.3 is 0 Å². The van der Waals surface area contributed by atoms with E-state index in [1.54, 1.807) is 24.3 Å². The van der Waals surface area contributed by atoms with Crippen molar-refractivity contribution in [2.45, 2.75) is 12.8 Å². The van der Waals surface area contributed by atoms with Crippen LogP contribution in [0.1, 0.15) is 17.5 Å². The summed E-state index contributed by atoms with van der Waals surface area (Å²) in [6.07, 6.45) is 0.904. The Morgan fingerprint density at radius 3 is 2.60 bits per heavy atom. The lowest BCUT2D eigenvalue weighted by molar-refractivity contribution is -0.116. The fraction of sp³-hybridized carbons (Fsp3) is 0.125. The average molecular weight is 265 g/mol. The normalized spacial score (nSPS) is 9.75. The standard InChI is InChI=1S/C16H15N3O/c17-11-13-6-2-4-8-15(13)19-16(20)10-9-12-5-1-3-7-14(12)18/h1-8H,9-10,18H2,(H,19,20). The molecule has 0 saturated heterocycles. The van der Waals surface area contributed by atoms with Gasteiger partial charge in [0.25, 0.3) is 0 Å². The largest absolute Gasteiger partial charge is 0.399 e. The fourth-order valence-electron chi connectivity index (χ4n) is 1.91. The Morgan fingerprint density at radius 1 is 1.15 bits per heavy atom. The van der Waals surface area contributed by atoms with Gasteiger partial charge < -0.3 is 11.1 Å². The third-order valence-corrected chi connectivity index (χ3v) is 3.00. The van der Waals surface area contributed by atoms with Crippen molar-refractivity contribution in [1.82, 2.24) is 0 Å². The summed E-state index contributed by atoms with van der Waals surface area (Å²) >= 11 is 0. The molecular weight excluding hydrogens is 250 g/mol. The molecule has 0 unspecified atom stereocenters. The summed E-state index contributed by atoms with van der Waals surface area (Å²) in [5.41, 5.74) is 8.48. The van der Waals surface area contributed by atoms with Gasteiger partial charge in [-0.15, -0.1) is 0 Å². The van der Waals surface area contributed by atoms with E-state index in [1.165, 1.54) is 0 Å². The van der Waals surface area contributed by atoms with Crippen LogP contribution in [0, 0.1) is 11.3 Å². The molecule has 0 spiro atoms. The average Bonchev–Trinajstić information content (AvgIpc) is 2.47. The minimum absolute atomic E-state index is 0.129. The SMILES string of the molecule is N#Cc1ccccc1NC(=O)CCc1ccccc1N. The Bertz CT molecular complexity index is 659. The van der Waals surface area contributed by atoms with Crippen molar-refractivity contribution in [2.24, 2.45) is 0 Å². The van der Waals surface area contributed by atoms with Crippen molar-refractivity contribution in [1.29, 1.82) is 5.26 Å². The van der Waals surface area contributed by atoms with Crippen LogP contribution in [0.2, 0.25) is 0 Å². The van der Waals surface area contributed by atoms with E-state index < -0.39 is 0 Å². The second-order valence-corrected chi connectivity index (χ2v) is 4.40. The number of aryl methyl sites for hydroxylation is 1. The van der Waals surface area contributed by atoms with Crippen molar-refractivity contribution in [3.05, 3.63) is 59.7 Å². The van der Waals surface area contributed by atoms with Gasteiger partial charge in [-0.3, -0.25) is 4.79 Å². The minimum Gasteiger partial charge on any atom is -0.399 e. The summed E-state index contributed by atoms with van der Waals surface area (Å²) < 4.78 is 0. The topological polar surface area (TPSA) is 78.9 Å². The smallest absolute Gasteiger partial charge is 0.224 e. The van der Waals surface area contributed by atoms with Crippen molar-refractivity contribution in [3.8, 4) is 6.07 Å². The van der Waals surface area contributed by atoms with Crippen LogP contribution in [0.25, 0.3) is 0 Å². The van der Waals surface area contributed by atoms with E-state index in [0.717, 1.165) is 5.56 Å². The molecule has 2 aromatic carbocycles. The zero-order chi connectivity index (χ0) is 14.4. The number of hydrogen-bond donors (Lipinski definition) is 2. The maximum absolute atomic E-state index is 11.9. The maximum atomic E-state index is 11.9. The zero-order valence-electron chi connectivity index (χ0n) is 11.0. The number of carbonyl (C=O) groups is 1. The Kier molecular flexibility index (Phi) is 4.35. The van der Waals surface area contributed by atoms with E-state index in [0.29, 0.717) is 29.8 Å². The molecule has 2 rings (SSSR count). The molecule has 0 aliphatic carbocycles. The van der Waals surface area contributed by atoms with Gasteiger partial charge in [0.15, 0.2) is 0 Å². The summed E-state index contributed by atoms with van der Waals surface area (Å²) in [5.74, 6) is -0.129. The maximum Gasteiger partial charge on any atom is 0.224 e. The molecule has 0 saturated carbocycles. The summed E-state index contributed by atoms with van der Waals surface area (Å²) in [4.78, 5) is 11.9. The molecule has 0 radical (unpaired) electrons. The van der Waals surface area contributed by atoms with Gasteiger partial charge in [-0.2, -0.15) is 5.26 Å². The molecule has 3 N–H and O–H groups in total. The zero-order valence-corrected chi connectivity index (χ0v) is 11.0. The Balaban J connectivity index is 1.97. The summed E-state index contributed by atoms with van der Waals surface area (Å²) in [5, 5.41) is 11.7. The van der Waals surface area contributed by atoms with Gasteiger partial charge in [0.05, 0.1) is 11.3 Å². The molecule has 4 nitrogen and oxygen atoms in total. The Morgan fingerprint density at radius 2 is 1.85 bits per heavy atom. The molecule has 20 heavy (non-hydrogen) atoms. The highest BCUT2D eigenvalue weighted by Gasteiger charge is 2.07. The van der Waals surface area contributed by atoms with Gasteiger partial charge in [0.1, 0.15) is 6.07 Å². The molecule has 100 valence electrons. The van der Waals surface area contributed by atoms with E-state index in [1.807, 2.05) is 30.3 Å². The van der Waals surface area contributed by atoms with E-state index in [9.17, 15) is 4.79 Å². The van der Waals surface area contributed by atoms with Crippen molar-refractivity contribution < 1.29 is 4.79 Å². The molecule has 1 amide bonds. The van der Waals surface area contributed by atoms with E-state index >= 15 is 0 Å². The van der Waals surface area contributed by atoms with E-state index in [2.05, 4.69) is 5.32 Å².